The first-order chi connectivity index (χ1) is 19.9. The molecule has 0 heterocycles. The first-order valence-corrected chi connectivity index (χ1v) is 13.9. The Bertz CT molecular complexity index is 2010. The molecule has 40 heavy (non-hydrogen) atoms. The normalized spacial score (nSPS) is 11.5. The van der Waals surface area contributed by atoms with E-state index >= 15 is 0 Å². The van der Waals surface area contributed by atoms with E-state index in [-0.39, 0.29) is 0 Å². The van der Waals surface area contributed by atoms with E-state index in [1.807, 2.05) is 0 Å². The quantitative estimate of drug-likeness (QED) is 0.223. The van der Waals surface area contributed by atoms with Crippen LogP contribution in [0.5, 0.6) is 0 Å². The minimum atomic E-state index is 1.23. The van der Waals surface area contributed by atoms with Crippen LogP contribution in [0.25, 0.3) is 77.5 Å². The number of fused-ring (bicyclic) bond motifs is 3. The van der Waals surface area contributed by atoms with Gasteiger partial charge in [-0.15, -0.1) is 0 Å². The molecule has 0 heteroatoms. The second-order valence-electron chi connectivity index (χ2n) is 10.4. The highest BCUT2D eigenvalue weighted by atomic mass is 14.3. The van der Waals surface area contributed by atoms with E-state index in [0.29, 0.717) is 0 Å². The molecule has 8 rings (SSSR count). The summed E-state index contributed by atoms with van der Waals surface area (Å²) < 4.78 is 0. The van der Waals surface area contributed by atoms with E-state index in [2.05, 4.69) is 158 Å². The molecule has 0 radical (unpaired) electrons. The molecule has 0 fully saturated rings. The molecule has 0 unspecified atom stereocenters. The van der Waals surface area contributed by atoms with E-state index < -0.39 is 0 Å². The maximum Gasteiger partial charge on any atom is -0.000763 e. The van der Waals surface area contributed by atoms with Gasteiger partial charge in [-0.2, -0.15) is 0 Å². The number of rotatable bonds is 4. The van der Waals surface area contributed by atoms with Gasteiger partial charge in [0.1, 0.15) is 0 Å². The van der Waals surface area contributed by atoms with Gasteiger partial charge >= 0.3 is 0 Å². The molecule has 0 nitrogen and oxygen atoms in total. The van der Waals surface area contributed by atoms with Gasteiger partial charge in [-0.1, -0.05) is 152 Å². The zero-order chi connectivity index (χ0) is 26.5. The first-order valence-electron chi connectivity index (χ1n) is 13.9. The maximum absolute atomic E-state index is 2.45. The summed E-state index contributed by atoms with van der Waals surface area (Å²) >= 11 is 0. The lowest BCUT2D eigenvalue weighted by Gasteiger charge is -2.22. The van der Waals surface area contributed by atoms with Crippen LogP contribution >= 0.6 is 0 Å². The number of benzene rings is 7. The summed E-state index contributed by atoms with van der Waals surface area (Å²) in [6.07, 6.45) is 0. The van der Waals surface area contributed by atoms with Crippen LogP contribution in [0, 0.1) is 0 Å². The molecule has 186 valence electrons. The topological polar surface area (TPSA) is 0 Å². The Hall–Kier alpha value is -5.20. The summed E-state index contributed by atoms with van der Waals surface area (Å²) in [6.45, 7) is 0. The van der Waals surface area contributed by atoms with Crippen molar-refractivity contribution in [1.82, 2.24) is 0 Å². The third kappa shape index (κ3) is 3.47. The van der Waals surface area contributed by atoms with Crippen molar-refractivity contribution in [3.8, 4) is 66.8 Å². The molecule has 0 atom stereocenters. The molecule has 0 spiro atoms. The van der Waals surface area contributed by atoms with Crippen LogP contribution in [-0.4, -0.2) is 0 Å². The van der Waals surface area contributed by atoms with Crippen LogP contribution in [-0.2, 0) is 0 Å². The number of hydrogen-bond acceptors (Lipinski definition) is 0. The minimum absolute atomic E-state index is 1.23. The van der Waals surface area contributed by atoms with Crippen molar-refractivity contribution in [1.29, 1.82) is 0 Å². The van der Waals surface area contributed by atoms with Gasteiger partial charge in [-0.05, 0) is 83.6 Å². The molecule has 0 N–H and O–H groups in total. The van der Waals surface area contributed by atoms with Crippen LogP contribution in [0.4, 0.5) is 0 Å². The van der Waals surface area contributed by atoms with Crippen LogP contribution in [0.3, 0.4) is 0 Å². The second-order valence-corrected chi connectivity index (χ2v) is 10.4. The monoisotopic (exact) mass is 506 g/mol. The highest BCUT2D eigenvalue weighted by Crippen LogP contribution is 2.57. The third-order valence-corrected chi connectivity index (χ3v) is 8.22. The third-order valence-electron chi connectivity index (χ3n) is 8.22. The lowest BCUT2D eigenvalue weighted by atomic mass is 9.81. The molecular formula is C40H26. The summed E-state index contributed by atoms with van der Waals surface area (Å²) in [5.41, 5.74) is 15.3. The van der Waals surface area contributed by atoms with Crippen LogP contribution in [0.15, 0.2) is 158 Å². The van der Waals surface area contributed by atoms with Gasteiger partial charge in [0, 0.05) is 0 Å². The van der Waals surface area contributed by atoms with Gasteiger partial charge in [-0.25, -0.2) is 0 Å². The molecule has 7 aromatic carbocycles. The van der Waals surface area contributed by atoms with E-state index in [1.54, 1.807) is 0 Å². The van der Waals surface area contributed by atoms with Gasteiger partial charge in [0.15, 0.2) is 0 Å². The predicted molar refractivity (Wildman–Crippen MR) is 170 cm³/mol. The standard InChI is InChI=1S/C40H26/c1-4-14-27(15-5-1)31-22-10-11-23-32(31)36-26-35(28-16-6-2-7-17-28)39-33-24-12-20-29-21-13-25-34(37(29)33)40(39)38(36)30-18-8-3-9-19-30/h1-26H. The molecule has 7 aromatic rings. The SMILES string of the molecule is c1ccc(-c2ccccc2-c2cc(-c3ccccc3)c3c(c2-c2ccccc2)-c2cccc4cccc-3c24)cc1. The average molecular weight is 507 g/mol. The summed E-state index contributed by atoms with van der Waals surface area (Å²) in [7, 11) is 0. The molecule has 0 amide bonds. The first kappa shape index (κ1) is 22.8. The Morgan fingerprint density at radius 3 is 1.35 bits per heavy atom. The number of hydrogen-bond donors (Lipinski definition) is 0. The van der Waals surface area contributed by atoms with Gasteiger partial charge in [-0.3, -0.25) is 0 Å². The van der Waals surface area contributed by atoms with Crippen molar-refractivity contribution in [3.63, 3.8) is 0 Å². The molecule has 0 saturated carbocycles. The Balaban J connectivity index is 1.57. The Labute approximate surface area is 234 Å². The van der Waals surface area contributed by atoms with Crippen molar-refractivity contribution < 1.29 is 0 Å². The van der Waals surface area contributed by atoms with Gasteiger partial charge in [0.25, 0.3) is 0 Å². The molecular weight excluding hydrogens is 480 g/mol. The lowest BCUT2D eigenvalue weighted by Crippen LogP contribution is -1.95. The van der Waals surface area contributed by atoms with E-state index in [1.165, 1.54) is 77.5 Å². The second kappa shape index (κ2) is 9.22. The summed E-state index contributed by atoms with van der Waals surface area (Å²) in [6, 6.07) is 57.4. The minimum Gasteiger partial charge on any atom is -0.0622 e. The summed E-state index contributed by atoms with van der Waals surface area (Å²) in [4.78, 5) is 0. The molecule has 0 aliphatic heterocycles. The molecule has 0 saturated heterocycles. The highest BCUT2D eigenvalue weighted by Gasteiger charge is 2.30. The smallest absolute Gasteiger partial charge is 0.000763 e. The van der Waals surface area contributed by atoms with Crippen molar-refractivity contribution in [3.05, 3.63) is 158 Å². The van der Waals surface area contributed by atoms with Crippen LogP contribution in [0.1, 0.15) is 0 Å². The molecule has 1 aliphatic carbocycles. The van der Waals surface area contributed by atoms with Gasteiger partial charge in [0.2, 0.25) is 0 Å². The van der Waals surface area contributed by atoms with Crippen molar-refractivity contribution in [2.24, 2.45) is 0 Å². The van der Waals surface area contributed by atoms with Gasteiger partial charge in [0.05, 0.1) is 0 Å². The molecule has 0 aromatic heterocycles. The van der Waals surface area contributed by atoms with Crippen molar-refractivity contribution >= 4 is 10.8 Å². The fourth-order valence-corrected chi connectivity index (χ4v) is 6.54. The lowest BCUT2D eigenvalue weighted by molar-refractivity contribution is 1.55. The summed E-state index contributed by atoms with van der Waals surface area (Å²) in [5, 5.41) is 2.64. The van der Waals surface area contributed by atoms with Crippen LogP contribution in [0.2, 0.25) is 0 Å². The Morgan fingerprint density at radius 2 is 0.725 bits per heavy atom. The van der Waals surface area contributed by atoms with E-state index in [4.69, 9.17) is 0 Å². The highest BCUT2D eigenvalue weighted by molar-refractivity contribution is 6.23. The van der Waals surface area contributed by atoms with Crippen molar-refractivity contribution in [2.45, 2.75) is 0 Å². The molecule has 0 bridgehead atoms. The van der Waals surface area contributed by atoms with Gasteiger partial charge < -0.3 is 0 Å². The van der Waals surface area contributed by atoms with Crippen molar-refractivity contribution in [2.75, 3.05) is 0 Å². The summed E-state index contributed by atoms with van der Waals surface area (Å²) in [5.74, 6) is 0. The van der Waals surface area contributed by atoms with Crippen LogP contribution < -0.4 is 0 Å². The Kier molecular flexibility index (Phi) is 5.24. The Morgan fingerprint density at radius 1 is 0.250 bits per heavy atom. The van der Waals surface area contributed by atoms with E-state index in [9.17, 15) is 0 Å². The zero-order valence-corrected chi connectivity index (χ0v) is 22.0. The fourth-order valence-electron chi connectivity index (χ4n) is 6.54. The maximum atomic E-state index is 2.45. The van der Waals surface area contributed by atoms with E-state index in [0.717, 1.165) is 0 Å². The average Bonchev–Trinajstić information content (AvgIpc) is 3.37. The zero-order valence-electron chi connectivity index (χ0n) is 22.0. The fraction of sp³-hybridized carbons (Fsp3) is 0. The largest absolute Gasteiger partial charge is 0.0622 e. The predicted octanol–water partition coefficient (Wildman–Crippen LogP) is 11.2. The molecule has 1 aliphatic rings.